The molecule has 0 aliphatic rings. The maximum atomic E-state index is 5.25. The lowest BCUT2D eigenvalue weighted by molar-refractivity contribution is 0.419. The molecule has 1 aromatic heterocycles. The first-order valence-corrected chi connectivity index (χ1v) is 4.94. The third kappa shape index (κ3) is 1.23. The van der Waals surface area contributed by atoms with E-state index >= 15 is 0 Å². The highest BCUT2D eigenvalue weighted by Gasteiger charge is 2.06. The average Bonchev–Trinajstić information content (AvgIpc) is 2.52. The van der Waals surface area contributed by atoms with Gasteiger partial charge >= 0.3 is 0 Å². The number of rotatable bonds is 2. The first-order chi connectivity index (χ1) is 6.77. The molecule has 0 aliphatic heterocycles. The van der Waals surface area contributed by atoms with Gasteiger partial charge in [-0.05, 0) is 31.3 Å². The summed E-state index contributed by atoms with van der Waals surface area (Å²) in [5.74, 6) is 0.834. The normalized spacial score (nSPS) is 10.7. The van der Waals surface area contributed by atoms with Crippen molar-refractivity contribution in [1.29, 1.82) is 0 Å². The Morgan fingerprint density at radius 3 is 2.93 bits per heavy atom. The molecule has 0 radical (unpaired) electrons. The minimum atomic E-state index is 0.743. The van der Waals surface area contributed by atoms with E-state index in [0.29, 0.717) is 0 Å². The number of benzene rings is 1. The molecule has 14 heavy (non-hydrogen) atoms. The van der Waals surface area contributed by atoms with Gasteiger partial charge in [-0.15, -0.1) is 0 Å². The van der Waals surface area contributed by atoms with Crippen molar-refractivity contribution in [2.75, 3.05) is 7.11 Å². The second kappa shape index (κ2) is 3.46. The minimum Gasteiger partial charge on any atom is -0.494 e. The summed E-state index contributed by atoms with van der Waals surface area (Å²) in [7, 11) is 1.66. The zero-order valence-corrected chi connectivity index (χ0v) is 9.02. The van der Waals surface area contributed by atoms with E-state index in [1.165, 1.54) is 0 Å². The van der Waals surface area contributed by atoms with E-state index in [1.807, 2.05) is 22.8 Å². The molecule has 74 valence electrons. The Morgan fingerprint density at radius 2 is 2.29 bits per heavy atom. The lowest BCUT2D eigenvalue weighted by atomic mass is 10.3. The van der Waals surface area contributed by atoms with E-state index in [2.05, 4.69) is 11.9 Å². The summed E-state index contributed by atoms with van der Waals surface area (Å²) >= 11 is 5.21. The third-order valence-corrected chi connectivity index (χ3v) is 2.63. The average molecular weight is 208 g/mol. The molecule has 0 bridgehead atoms. The highest BCUT2D eigenvalue weighted by atomic mass is 32.1. The molecule has 1 aromatic carbocycles. The first kappa shape index (κ1) is 9.27. The number of nitrogens with one attached hydrogen (secondary N) is 1. The quantitative estimate of drug-likeness (QED) is 0.769. The lowest BCUT2D eigenvalue weighted by Crippen LogP contribution is -1.92. The number of hydrogen-bond acceptors (Lipinski definition) is 2. The molecule has 0 aliphatic carbocycles. The van der Waals surface area contributed by atoms with Crippen LogP contribution < -0.4 is 4.74 Å². The predicted octanol–water partition coefficient (Wildman–Crippen LogP) is 2.73. The van der Waals surface area contributed by atoms with Crippen molar-refractivity contribution < 1.29 is 4.74 Å². The molecule has 1 N–H and O–H groups in total. The number of aryl methyl sites for hydroxylation is 1. The van der Waals surface area contributed by atoms with E-state index in [-0.39, 0.29) is 0 Å². The molecular weight excluding hydrogens is 196 g/mol. The maximum Gasteiger partial charge on any atom is 0.178 e. The second-order valence-corrected chi connectivity index (χ2v) is 3.42. The number of fused-ring (bicyclic) bond motifs is 1. The molecular formula is C10H12N2OS. The summed E-state index contributed by atoms with van der Waals surface area (Å²) in [4.78, 5) is 3.15. The Kier molecular flexibility index (Phi) is 2.29. The number of imidazole rings is 1. The number of aromatic amines is 1. The topological polar surface area (TPSA) is 29.9 Å². The molecule has 0 spiro atoms. The van der Waals surface area contributed by atoms with Crippen molar-refractivity contribution in [3.63, 3.8) is 0 Å². The van der Waals surface area contributed by atoms with Crippen LogP contribution in [0.15, 0.2) is 18.2 Å². The molecule has 3 nitrogen and oxygen atoms in total. The number of aromatic nitrogens is 2. The van der Waals surface area contributed by atoms with Gasteiger partial charge in [-0.1, -0.05) is 6.07 Å². The van der Waals surface area contributed by atoms with E-state index in [0.717, 1.165) is 28.1 Å². The number of nitrogens with zero attached hydrogens (tertiary/aromatic N) is 1. The van der Waals surface area contributed by atoms with Gasteiger partial charge in [0.2, 0.25) is 0 Å². The van der Waals surface area contributed by atoms with Crippen LogP contribution in [0.5, 0.6) is 5.75 Å². The van der Waals surface area contributed by atoms with Gasteiger partial charge in [0.15, 0.2) is 4.77 Å². The Balaban J connectivity index is 2.86. The lowest BCUT2D eigenvalue weighted by Gasteiger charge is -2.01. The molecule has 0 saturated heterocycles. The van der Waals surface area contributed by atoms with E-state index in [9.17, 15) is 0 Å². The number of hydrogen-bond donors (Lipinski definition) is 1. The Morgan fingerprint density at radius 1 is 1.50 bits per heavy atom. The van der Waals surface area contributed by atoms with Gasteiger partial charge in [-0.3, -0.25) is 0 Å². The van der Waals surface area contributed by atoms with Crippen LogP contribution in [0, 0.1) is 4.77 Å². The highest BCUT2D eigenvalue weighted by Crippen LogP contribution is 2.24. The molecule has 0 atom stereocenters. The molecule has 2 rings (SSSR count). The zero-order valence-electron chi connectivity index (χ0n) is 8.20. The fraction of sp³-hybridized carbons (Fsp3) is 0.300. The van der Waals surface area contributed by atoms with Crippen LogP contribution in [0.2, 0.25) is 0 Å². The van der Waals surface area contributed by atoms with E-state index < -0.39 is 0 Å². The van der Waals surface area contributed by atoms with Crippen LogP contribution in [0.4, 0.5) is 0 Å². The number of para-hydroxylation sites is 1. The summed E-state index contributed by atoms with van der Waals surface area (Å²) in [5.41, 5.74) is 2.07. The summed E-state index contributed by atoms with van der Waals surface area (Å²) in [6.07, 6.45) is 0. The summed E-state index contributed by atoms with van der Waals surface area (Å²) in [5, 5.41) is 0. The standard InChI is InChI=1S/C10H12N2OS/c1-3-12-7-5-4-6-8(13-2)9(7)11-10(12)14/h4-6H,3H2,1-2H3,(H,11,14). The first-order valence-electron chi connectivity index (χ1n) is 4.53. The van der Waals surface area contributed by atoms with Crippen molar-refractivity contribution in [2.45, 2.75) is 13.5 Å². The number of ether oxygens (including phenoxy) is 1. The molecule has 0 fully saturated rings. The van der Waals surface area contributed by atoms with Crippen molar-refractivity contribution >= 4 is 23.3 Å². The van der Waals surface area contributed by atoms with Crippen LogP contribution in [-0.2, 0) is 6.54 Å². The highest BCUT2D eigenvalue weighted by molar-refractivity contribution is 7.71. The number of methoxy groups -OCH3 is 1. The van der Waals surface area contributed by atoms with E-state index in [4.69, 9.17) is 17.0 Å². The van der Waals surface area contributed by atoms with Crippen molar-refractivity contribution in [3.8, 4) is 5.75 Å². The van der Waals surface area contributed by atoms with Crippen molar-refractivity contribution in [1.82, 2.24) is 9.55 Å². The van der Waals surface area contributed by atoms with Gasteiger partial charge in [0, 0.05) is 6.54 Å². The molecule has 2 aromatic rings. The molecule has 0 saturated carbocycles. The smallest absolute Gasteiger partial charge is 0.178 e. The maximum absolute atomic E-state index is 5.25. The Hall–Kier alpha value is -1.29. The SMILES string of the molecule is CCn1c(=S)[nH]c2c(OC)cccc21. The monoisotopic (exact) mass is 208 g/mol. The van der Waals surface area contributed by atoms with Crippen LogP contribution in [0.25, 0.3) is 11.0 Å². The Labute approximate surface area is 87.3 Å². The van der Waals surface area contributed by atoms with Gasteiger partial charge in [-0.2, -0.15) is 0 Å². The van der Waals surface area contributed by atoms with Crippen molar-refractivity contribution in [3.05, 3.63) is 23.0 Å². The van der Waals surface area contributed by atoms with Crippen LogP contribution >= 0.6 is 12.2 Å². The fourth-order valence-corrected chi connectivity index (χ4v) is 1.97. The van der Waals surface area contributed by atoms with Crippen LogP contribution in [-0.4, -0.2) is 16.7 Å². The predicted molar refractivity (Wildman–Crippen MR) is 59.3 cm³/mol. The Bertz CT molecular complexity index is 512. The zero-order chi connectivity index (χ0) is 10.1. The molecule has 1 heterocycles. The van der Waals surface area contributed by atoms with Crippen molar-refractivity contribution in [2.24, 2.45) is 0 Å². The largest absolute Gasteiger partial charge is 0.494 e. The third-order valence-electron chi connectivity index (χ3n) is 2.31. The summed E-state index contributed by atoms with van der Waals surface area (Å²) in [6.45, 7) is 2.94. The van der Waals surface area contributed by atoms with E-state index in [1.54, 1.807) is 7.11 Å². The second-order valence-electron chi connectivity index (χ2n) is 3.03. The minimum absolute atomic E-state index is 0.743. The molecule has 4 heteroatoms. The van der Waals surface area contributed by atoms with Crippen LogP contribution in [0.3, 0.4) is 0 Å². The van der Waals surface area contributed by atoms with Crippen LogP contribution in [0.1, 0.15) is 6.92 Å². The van der Waals surface area contributed by atoms with Gasteiger partial charge < -0.3 is 14.3 Å². The van der Waals surface area contributed by atoms with Gasteiger partial charge in [-0.25, -0.2) is 0 Å². The summed E-state index contributed by atoms with van der Waals surface area (Å²) < 4.78 is 8.04. The fourth-order valence-electron chi connectivity index (χ4n) is 1.64. The van der Waals surface area contributed by atoms with Gasteiger partial charge in [0.25, 0.3) is 0 Å². The molecule has 0 amide bonds. The molecule has 0 unspecified atom stereocenters. The van der Waals surface area contributed by atoms with Gasteiger partial charge in [0.1, 0.15) is 11.3 Å². The van der Waals surface area contributed by atoms with Gasteiger partial charge in [0.05, 0.1) is 12.6 Å². The summed E-state index contributed by atoms with van der Waals surface area (Å²) in [6, 6.07) is 5.93. The number of H-pyrrole nitrogens is 1.